The van der Waals surface area contributed by atoms with Gasteiger partial charge in [-0.25, -0.2) is 4.90 Å². The van der Waals surface area contributed by atoms with E-state index in [4.69, 9.17) is 4.74 Å². The molecule has 0 aliphatic carbocycles. The number of hydrogen-bond donors (Lipinski definition) is 1. The third-order valence-electron chi connectivity index (χ3n) is 6.22. The third kappa shape index (κ3) is 4.84. The third-order valence-corrected chi connectivity index (χ3v) is 6.22. The smallest absolute Gasteiger partial charge is 0.327 e. The van der Waals surface area contributed by atoms with Gasteiger partial charge in [-0.3, -0.25) is 38.6 Å². The number of rotatable bonds is 7. The Morgan fingerprint density at radius 2 is 1.62 bits per heavy atom. The van der Waals surface area contributed by atoms with Crippen molar-refractivity contribution in [3.05, 3.63) is 35.4 Å². The summed E-state index contributed by atoms with van der Waals surface area (Å²) >= 11 is 0. The SMILES string of the molecule is O=C(CN1CCCCC1)NCC(=O)OCN1C(=O)CCC(N2C(=O)c3ccccc3C2=O)C1=O. The van der Waals surface area contributed by atoms with Crippen LogP contribution in [0, 0.1) is 0 Å². The number of likely N-dealkylation sites (tertiary alicyclic amines) is 2. The highest BCUT2D eigenvalue weighted by Crippen LogP contribution is 2.28. The van der Waals surface area contributed by atoms with Gasteiger partial charge in [-0.15, -0.1) is 0 Å². The highest BCUT2D eigenvalue weighted by Gasteiger charge is 2.47. The van der Waals surface area contributed by atoms with Crippen LogP contribution in [-0.2, 0) is 23.9 Å². The Morgan fingerprint density at radius 1 is 0.971 bits per heavy atom. The minimum atomic E-state index is -1.16. The Kier molecular flexibility index (Phi) is 7.01. The Bertz CT molecular complexity index is 999. The zero-order chi connectivity index (χ0) is 24.2. The second-order valence-electron chi connectivity index (χ2n) is 8.50. The maximum absolute atomic E-state index is 13.0. The van der Waals surface area contributed by atoms with Crippen molar-refractivity contribution in [3.63, 3.8) is 0 Å². The summed E-state index contributed by atoms with van der Waals surface area (Å²) in [5.41, 5.74) is 0.408. The first kappa shape index (κ1) is 23.6. The number of carbonyl (C=O) groups excluding carboxylic acids is 6. The summed E-state index contributed by atoms with van der Waals surface area (Å²) in [6.45, 7) is 0.817. The molecule has 0 bridgehead atoms. The number of benzene rings is 1. The van der Waals surface area contributed by atoms with E-state index in [0.29, 0.717) is 0 Å². The van der Waals surface area contributed by atoms with Crippen LogP contribution >= 0.6 is 0 Å². The van der Waals surface area contributed by atoms with Gasteiger partial charge in [-0.05, 0) is 44.5 Å². The van der Waals surface area contributed by atoms with E-state index in [2.05, 4.69) is 5.32 Å². The monoisotopic (exact) mass is 470 g/mol. The molecule has 1 unspecified atom stereocenters. The Labute approximate surface area is 196 Å². The molecule has 0 saturated carbocycles. The summed E-state index contributed by atoms with van der Waals surface area (Å²) in [7, 11) is 0. The number of fused-ring (bicyclic) bond motifs is 1. The van der Waals surface area contributed by atoms with Crippen LogP contribution in [0.25, 0.3) is 0 Å². The average Bonchev–Trinajstić information content (AvgIpc) is 3.08. The summed E-state index contributed by atoms with van der Waals surface area (Å²) in [4.78, 5) is 78.4. The van der Waals surface area contributed by atoms with Gasteiger partial charge in [-0.2, -0.15) is 0 Å². The molecule has 4 rings (SSSR count). The molecule has 0 spiro atoms. The summed E-state index contributed by atoms with van der Waals surface area (Å²) in [6, 6.07) is 5.10. The number of piperidine rings is 2. The second kappa shape index (κ2) is 10.1. The highest BCUT2D eigenvalue weighted by molar-refractivity contribution is 6.23. The van der Waals surface area contributed by atoms with Gasteiger partial charge in [0, 0.05) is 6.42 Å². The van der Waals surface area contributed by atoms with Crippen LogP contribution in [0.5, 0.6) is 0 Å². The molecule has 0 aromatic heterocycles. The molecule has 2 fully saturated rings. The van der Waals surface area contributed by atoms with Crippen LogP contribution in [0.3, 0.4) is 0 Å². The molecule has 2 saturated heterocycles. The van der Waals surface area contributed by atoms with Crippen molar-refractivity contribution >= 4 is 35.5 Å². The van der Waals surface area contributed by atoms with Crippen LogP contribution < -0.4 is 5.32 Å². The van der Waals surface area contributed by atoms with Gasteiger partial charge in [-0.1, -0.05) is 18.6 Å². The molecule has 3 heterocycles. The van der Waals surface area contributed by atoms with Crippen LogP contribution in [0.1, 0.15) is 52.8 Å². The number of nitrogens with zero attached hydrogens (tertiary/aromatic N) is 3. The van der Waals surface area contributed by atoms with Gasteiger partial charge in [0.1, 0.15) is 12.6 Å². The first-order valence-corrected chi connectivity index (χ1v) is 11.3. The Morgan fingerprint density at radius 3 is 2.26 bits per heavy atom. The zero-order valence-corrected chi connectivity index (χ0v) is 18.7. The van der Waals surface area contributed by atoms with Crippen molar-refractivity contribution in [1.29, 1.82) is 0 Å². The van der Waals surface area contributed by atoms with E-state index in [1.54, 1.807) is 12.1 Å². The number of nitrogens with one attached hydrogen (secondary N) is 1. The van der Waals surface area contributed by atoms with E-state index in [-0.39, 0.29) is 36.4 Å². The fourth-order valence-electron chi connectivity index (χ4n) is 4.42. The minimum absolute atomic E-state index is 0.000138. The Hall–Kier alpha value is -3.60. The predicted molar refractivity (Wildman–Crippen MR) is 116 cm³/mol. The normalized spacial score (nSPS) is 21.0. The summed E-state index contributed by atoms with van der Waals surface area (Å²) in [5, 5.41) is 2.47. The predicted octanol–water partition coefficient (Wildman–Crippen LogP) is -0.0970. The topological polar surface area (TPSA) is 133 Å². The number of amides is 5. The van der Waals surface area contributed by atoms with Crippen molar-refractivity contribution in [3.8, 4) is 0 Å². The lowest BCUT2D eigenvalue weighted by Crippen LogP contribution is -2.56. The van der Waals surface area contributed by atoms with Crippen molar-refractivity contribution < 1.29 is 33.5 Å². The summed E-state index contributed by atoms with van der Waals surface area (Å²) in [5.74, 6) is -3.67. The lowest BCUT2D eigenvalue weighted by Gasteiger charge is -2.34. The van der Waals surface area contributed by atoms with Gasteiger partial charge in [0.25, 0.3) is 17.7 Å². The molecule has 3 aliphatic rings. The van der Waals surface area contributed by atoms with E-state index in [0.717, 1.165) is 42.2 Å². The van der Waals surface area contributed by atoms with Crippen molar-refractivity contribution in [1.82, 2.24) is 20.0 Å². The molecule has 1 aromatic carbocycles. The van der Waals surface area contributed by atoms with Gasteiger partial charge in [0.2, 0.25) is 11.8 Å². The quantitative estimate of drug-likeness (QED) is 0.432. The van der Waals surface area contributed by atoms with Gasteiger partial charge < -0.3 is 10.1 Å². The molecular formula is C23H26N4O7. The lowest BCUT2D eigenvalue weighted by molar-refractivity contribution is -0.163. The van der Waals surface area contributed by atoms with Crippen LogP contribution in [0.4, 0.5) is 0 Å². The van der Waals surface area contributed by atoms with Crippen molar-refractivity contribution in [2.75, 3.05) is 32.9 Å². The molecule has 0 radical (unpaired) electrons. The van der Waals surface area contributed by atoms with Crippen LogP contribution in [-0.4, -0.2) is 89.2 Å². The number of ether oxygens (including phenoxy) is 1. The van der Waals surface area contributed by atoms with E-state index >= 15 is 0 Å². The van der Waals surface area contributed by atoms with Crippen molar-refractivity contribution in [2.24, 2.45) is 0 Å². The molecule has 1 atom stereocenters. The number of carbonyl (C=O) groups is 6. The first-order valence-electron chi connectivity index (χ1n) is 11.3. The molecule has 11 heteroatoms. The fraction of sp³-hybridized carbons (Fsp3) is 0.478. The molecule has 1 N–H and O–H groups in total. The minimum Gasteiger partial charge on any atom is -0.442 e. The van der Waals surface area contributed by atoms with Crippen LogP contribution in [0.15, 0.2) is 24.3 Å². The molecular weight excluding hydrogens is 444 g/mol. The number of hydrogen-bond acceptors (Lipinski definition) is 8. The fourth-order valence-corrected chi connectivity index (χ4v) is 4.42. The van der Waals surface area contributed by atoms with Gasteiger partial charge in [0.05, 0.1) is 17.7 Å². The molecule has 34 heavy (non-hydrogen) atoms. The van der Waals surface area contributed by atoms with Gasteiger partial charge >= 0.3 is 5.97 Å². The van der Waals surface area contributed by atoms with E-state index in [9.17, 15) is 28.8 Å². The first-order chi connectivity index (χ1) is 16.4. The van der Waals surface area contributed by atoms with E-state index in [1.807, 2.05) is 4.90 Å². The lowest BCUT2D eigenvalue weighted by atomic mass is 10.0. The highest BCUT2D eigenvalue weighted by atomic mass is 16.5. The molecule has 11 nitrogen and oxygen atoms in total. The molecule has 3 aliphatic heterocycles. The van der Waals surface area contributed by atoms with Crippen LogP contribution in [0.2, 0.25) is 0 Å². The maximum Gasteiger partial charge on any atom is 0.327 e. The Balaban J connectivity index is 1.30. The molecule has 5 amide bonds. The van der Waals surface area contributed by atoms with Gasteiger partial charge in [0.15, 0.2) is 6.73 Å². The summed E-state index contributed by atoms with van der Waals surface area (Å²) < 4.78 is 5.02. The van der Waals surface area contributed by atoms with E-state index in [1.165, 1.54) is 12.1 Å². The molecule has 1 aromatic rings. The summed E-state index contributed by atoms with van der Waals surface area (Å²) in [6.07, 6.45) is 3.13. The molecule has 180 valence electrons. The maximum atomic E-state index is 13.0. The van der Waals surface area contributed by atoms with E-state index < -0.39 is 48.9 Å². The zero-order valence-electron chi connectivity index (χ0n) is 18.7. The standard InChI is InChI=1S/C23H26N4O7/c28-18(13-25-10-4-1-5-11-25)24-12-20(30)34-14-26-19(29)9-8-17(23(26)33)27-21(31)15-6-2-3-7-16(15)22(27)32/h2-3,6-7,17H,1,4-5,8-14H2,(H,24,28). The second-order valence-corrected chi connectivity index (χ2v) is 8.50. The average molecular weight is 470 g/mol. The number of esters is 1. The van der Waals surface area contributed by atoms with Crippen molar-refractivity contribution in [2.45, 2.75) is 38.1 Å². The largest absolute Gasteiger partial charge is 0.442 e. The number of imide groups is 2.